The van der Waals surface area contributed by atoms with Gasteiger partial charge in [0.1, 0.15) is 16.8 Å². The van der Waals surface area contributed by atoms with Crippen molar-refractivity contribution >= 4 is 23.0 Å². The Bertz CT molecular complexity index is 1310. The molecule has 3 aromatic carbocycles. The summed E-state index contributed by atoms with van der Waals surface area (Å²) in [5.41, 5.74) is 8.84. The normalized spacial score (nSPS) is 12.2. The second-order valence-electron chi connectivity index (χ2n) is 7.19. The van der Waals surface area contributed by atoms with Crippen molar-refractivity contribution in [2.45, 2.75) is 6.42 Å². The number of hydrogen-bond donors (Lipinski definition) is 0. The van der Waals surface area contributed by atoms with Crippen molar-refractivity contribution in [2.75, 3.05) is 7.11 Å². The number of aromatic nitrogens is 1. The Labute approximate surface area is 179 Å². The van der Waals surface area contributed by atoms with E-state index in [1.165, 1.54) is 33.6 Å². The highest BCUT2D eigenvalue weighted by Crippen LogP contribution is 2.38. The summed E-state index contributed by atoms with van der Waals surface area (Å²) < 4.78 is 5.19. The van der Waals surface area contributed by atoms with Gasteiger partial charge >= 0.3 is 0 Å². The maximum atomic E-state index is 9.67. The third-order valence-electron chi connectivity index (χ3n) is 5.37. The van der Waals surface area contributed by atoms with Gasteiger partial charge in [-0.2, -0.15) is 5.26 Å². The Kier molecular flexibility index (Phi) is 4.66. The third kappa shape index (κ3) is 3.30. The number of benzene rings is 3. The van der Waals surface area contributed by atoms with E-state index in [0.717, 1.165) is 34.0 Å². The second kappa shape index (κ2) is 7.62. The molecule has 0 spiro atoms. The molecule has 144 valence electrons. The summed E-state index contributed by atoms with van der Waals surface area (Å²) in [5, 5.41) is 12.4. The van der Waals surface area contributed by atoms with Gasteiger partial charge in [-0.25, -0.2) is 4.98 Å². The molecular weight excluding hydrogens is 388 g/mol. The summed E-state index contributed by atoms with van der Waals surface area (Å²) in [6.45, 7) is 0. The molecule has 1 aliphatic rings. The van der Waals surface area contributed by atoms with Crippen LogP contribution in [0, 0.1) is 11.3 Å². The molecule has 0 saturated heterocycles. The van der Waals surface area contributed by atoms with E-state index in [2.05, 4.69) is 48.5 Å². The fourth-order valence-electron chi connectivity index (χ4n) is 3.84. The minimum absolute atomic E-state index is 0.560. The van der Waals surface area contributed by atoms with Crippen LogP contribution in [0.25, 0.3) is 34.0 Å². The first kappa shape index (κ1) is 18.4. The van der Waals surface area contributed by atoms with Crippen molar-refractivity contribution in [3.63, 3.8) is 0 Å². The Morgan fingerprint density at radius 1 is 1.03 bits per heavy atom. The van der Waals surface area contributed by atoms with E-state index in [9.17, 15) is 5.26 Å². The van der Waals surface area contributed by atoms with Crippen LogP contribution >= 0.6 is 11.3 Å². The van der Waals surface area contributed by atoms with E-state index in [1.54, 1.807) is 7.11 Å². The molecule has 0 N–H and O–H groups in total. The molecule has 0 radical (unpaired) electrons. The number of rotatable bonds is 4. The van der Waals surface area contributed by atoms with E-state index in [0.29, 0.717) is 5.57 Å². The molecule has 4 aromatic rings. The van der Waals surface area contributed by atoms with Crippen LogP contribution in [-0.2, 0) is 6.42 Å². The minimum Gasteiger partial charge on any atom is -0.497 e. The van der Waals surface area contributed by atoms with E-state index in [1.807, 2.05) is 35.7 Å². The highest BCUT2D eigenvalue weighted by atomic mass is 32.1. The van der Waals surface area contributed by atoms with Gasteiger partial charge in [0.15, 0.2) is 0 Å². The highest BCUT2D eigenvalue weighted by Gasteiger charge is 2.19. The maximum Gasteiger partial charge on any atom is 0.134 e. The number of nitrogens with zero attached hydrogens (tertiary/aromatic N) is 2. The monoisotopic (exact) mass is 406 g/mol. The van der Waals surface area contributed by atoms with Crippen LogP contribution < -0.4 is 4.74 Å². The average molecular weight is 407 g/mol. The van der Waals surface area contributed by atoms with Crippen LogP contribution in [0.2, 0.25) is 0 Å². The first-order chi connectivity index (χ1) is 14.7. The second-order valence-corrected chi connectivity index (χ2v) is 8.04. The molecule has 0 saturated carbocycles. The van der Waals surface area contributed by atoms with E-state index in [-0.39, 0.29) is 0 Å². The van der Waals surface area contributed by atoms with E-state index in [4.69, 9.17) is 9.72 Å². The Balaban J connectivity index is 1.44. The van der Waals surface area contributed by atoms with Gasteiger partial charge in [-0.15, -0.1) is 11.3 Å². The molecular formula is C26H18N2OS. The molecule has 1 aromatic heterocycles. The zero-order valence-electron chi connectivity index (χ0n) is 16.4. The van der Waals surface area contributed by atoms with Crippen LogP contribution in [-0.4, -0.2) is 12.1 Å². The summed E-state index contributed by atoms with van der Waals surface area (Å²) >= 11 is 1.50. The number of ether oxygens (including phenoxy) is 1. The van der Waals surface area contributed by atoms with Gasteiger partial charge in [-0.3, -0.25) is 0 Å². The molecule has 30 heavy (non-hydrogen) atoms. The number of fused-ring (bicyclic) bond motifs is 3. The van der Waals surface area contributed by atoms with Gasteiger partial charge < -0.3 is 4.74 Å². The Hall–Kier alpha value is -3.68. The SMILES string of the molecule is COc1ccc(/C=C(\C#N)c2nc(-c3ccc4c(c3)Cc3ccccc3-4)cs2)cc1. The topological polar surface area (TPSA) is 45.9 Å². The molecule has 0 aliphatic heterocycles. The van der Waals surface area contributed by atoms with Crippen molar-refractivity contribution in [3.05, 3.63) is 93.8 Å². The lowest BCUT2D eigenvalue weighted by molar-refractivity contribution is 0.415. The van der Waals surface area contributed by atoms with E-state index >= 15 is 0 Å². The number of allylic oxidation sites excluding steroid dienone is 1. The largest absolute Gasteiger partial charge is 0.497 e. The molecule has 1 aliphatic carbocycles. The molecule has 0 fully saturated rings. The third-order valence-corrected chi connectivity index (χ3v) is 6.25. The van der Waals surface area contributed by atoms with Gasteiger partial charge in [0, 0.05) is 10.9 Å². The lowest BCUT2D eigenvalue weighted by atomic mass is 10.0. The average Bonchev–Trinajstić information content (AvgIpc) is 3.42. The smallest absolute Gasteiger partial charge is 0.134 e. The van der Waals surface area contributed by atoms with E-state index < -0.39 is 0 Å². The molecule has 0 unspecified atom stereocenters. The predicted octanol–water partition coefficient (Wildman–Crippen LogP) is 6.45. The maximum absolute atomic E-state index is 9.67. The number of nitriles is 1. The summed E-state index contributed by atoms with van der Waals surface area (Å²) in [4.78, 5) is 4.76. The molecule has 4 heteroatoms. The molecule has 1 heterocycles. The predicted molar refractivity (Wildman–Crippen MR) is 122 cm³/mol. The van der Waals surface area contributed by atoms with Crippen molar-refractivity contribution in [1.29, 1.82) is 5.26 Å². The molecule has 0 amide bonds. The number of thiazole rings is 1. The Morgan fingerprint density at radius 3 is 2.63 bits per heavy atom. The standard InChI is InChI=1S/C26H18N2OS/c1-29-22-9-6-17(7-10-22)12-21(15-27)26-28-25(16-30-26)19-8-11-24-20(14-19)13-18-4-2-3-5-23(18)24/h2-12,14,16H,13H2,1H3/b21-12+. The molecule has 5 rings (SSSR count). The zero-order chi connectivity index (χ0) is 20.5. The van der Waals surface area contributed by atoms with Crippen LogP contribution in [0.3, 0.4) is 0 Å². The minimum atomic E-state index is 0.560. The van der Waals surface area contributed by atoms with Crippen molar-refractivity contribution < 1.29 is 4.74 Å². The van der Waals surface area contributed by atoms with Crippen LogP contribution in [0.1, 0.15) is 21.7 Å². The Morgan fingerprint density at radius 2 is 1.83 bits per heavy atom. The molecule has 0 atom stereocenters. The van der Waals surface area contributed by atoms with Crippen molar-refractivity contribution in [3.8, 4) is 34.2 Å². The fourth-order valence-corrected chi connectivity index (χ4v) is 4.64. The first-order valence-corrected chi connectivity index (χ1v) is 10.6. The zero-order valence-corrected chi connectivity index (χ0v) is 17.2. The summed E-state index contributed by atoms with van der Waals surface area (Å²) in [5.74, 6) is 0.793. The molecule has 0 bridgehead atoms. The first-order valence-electron chi connectivity index (χ1n) is 9.68. The summed E-state index contributed by atoms with van der Waals surface area (Å²) in [7, 11) is 1.64. The fraction of sp³-hybridized carbons (Fsp3) is 0.0769. The van der Waals surface area contributed by atoms with Crippen LogP contribution in [0.4, 0.5) is 0 Å². The van der Waals surface area contributed by atoms with Gasteiger partial charge in [0.05, 0.1) is 18.4 Å². The lowest BCUT2D eigenvalue weighted by Gasteiger charge is -2.03. The van der Waals surface area contributed by atoms with Crippen LogP contribution in [0.15, 0.2) is 72.1 Å². The van der Waals surface area contributed by atoms with Crippen LogP contribution in [0.5, 0.6) is 5.75 Å². The quantitative estimate of drug-likeness (QED) is 0.322. The summed E-state index contributed by atoms with van der Waals surface area (Å²) in [6, 6.07) is 25.0. The number of methoxy groups -OCH3 is 1. The lowest BCUT2D eigenvalue weighted by Crippen LogP contribution is -1.86. The van der Waals surface area contributed by atoms with Crippen molar-refractivity contribution in [2.24, 2.45) is 0 Å². The molecule has 3 nitrogen and oxygen atoms in total. The van der Waals surface area contributed by atoms with Gasteiger partial charge in [-0.05, 0) is 58.5 Å². The van der Waals surface area contributed by atoms with Crippen molar-refractivity contribution in [1.82, 2.24) is 4.98 Å². The summed E-state index contributed by atoms with van der Waals surface area (Å²) in [6.07, 6.45) is 2.82. The number of hydrogen-bond acceptors (Lipinski definition) is 4. The highest BCUT2D eigenvalue weighted by molar-refractivity contribution is 7.11. The van der Waals surface area contributed by atoms with Gasteiger partial charge in [0.2, 0.25) is 0 Å². The van der Waals surface area contributed by atoms with Gasteiger partial charge in [0.25, 0.3) is 0 Å². The van der Waals surface area contributed by atoms with Gasteiger partial charge in [-0.1, -0.05) is 48.5 Å².